The van der Waals surface area contributed by atoms with E-state index >= 15 is 0 Å². The van der Waals surface area contributed by atoms with Gasteiger partial charge in [0.2, 0.25) is 0 Å². The number of ether oxygens (including phenoxy) is 1. The lowest BCUT2D eigenvalue weighted by molar-refractivity contribution is 0.483. The Morgan fingerprint density at radius 1 is 0.947 bits per heavy atom. The Morgan fingerprint density at radius 3 is 2.68 bits per heavy atom. The molecule has 0 spiro atoms. The predicted molar refractivity (Wildman–Crippen MR) is 77.8 cm³/mol. The average molecular weight is 270 g/mol. The summed E-state index contributed by atoms with van der Waals surface area (Å²) in [6.45, 7) is 0. The summed E-state index contributed by atoms with van der Waals surface area (Å²) in [5, 5.41) is 2.24. The molecule has 0 bridgehead atoms. The summed E-state index contributed by atoms with van der Waals surface area (Å²) < 4.78 is 5.99. The molecule has 1 heterocycles. The molecule has 3 heteroatoms. The molecule has 3 aromatic rings. The molecule has 0 N–H and O–H groups in total. The van der Waals surface area contributed by atoms with Crippen LogP contribution in [0.1, 0.15) is 5.56 Å². The molecule has 2 nitrogen and oxygen atoms in total. The largest absolute Gasteiger partial charge is 0.456 e. The zero-order valence-electron chi connectivity index (χ0n) is 10.2. The molecule has 19 heavy (non-hydrogen) atoms. The number of benzene rings is 2. The number of hydrogen-bond acceptors (Lipinski definition) is 2. The van der Waals surface area contributed by atoms with Gasteiger partial charge in [-0.25, -0.2) is 0 Å². The lowest BCUT2D eigenvalue weighted by Gasteiger charge is -2.11. The molecule has 0 fully saturated rings. The molecule has 0 aliphatic rings. The molecule has 0 radical (unpaired) electrons. The smallest absolute Gasteiger partial charge is 0.135 e. The van der Waals surface area contributed by atoms with E-state index < -0.39 is 0 Å². The van der Waals surface area contributed by atoms with Crippen LogP contribution in [0.4, 0.5) is 0 Å². The highest BCUT2D eigenvalue weighted by Gasteiger charge is 2.06. The van der Waals surface area contributed by atoms with Crippen molar-refractivity contribution in [2.45, 2.75) is 5.88 Å². The summed E-state index contributed by atoms with van der Waals surface area (Å²) in [4.78, 5) is 4.06. The Hall–Kier alpha value is -2.06. The van der Waals surface area contributed by atoms with Crippen LogP contribution in [0.15, 0.2) is 60.9 Å². The van der Waals surface area contributed by atoms with Crippen molar-refractivity contribution in [2.24, 2.45) is 0 Å². The van der Waals surface area contributed by atoms with Crippen LogP contribution >= 0.6 is 11.6 Å². The Morgan fingerprint density at radius 2 is 1.79 bits per heavy atom. The SMILES string of the molecule is ClCc1cnccc1Oc1cccc2ccccc12. The van der Waals surface area contributed by atoms with Gasteiger partial charge in [-0.15, -0.1) is 11.6 Å². The minimum Gasteiger partial charge on any atom is -0.456 e. The van der Waals surface area contributed by atoms with Gasteiger partial charge in [0.1, 0.15) is 11.5 Å². The van der Waals surface area contributed by atoms with Gasteiger partial charge in [0, 0.05) is 23.3 Å². The highest BCUT2D eigenvalue weighted by Crippen LogP contribution is 2.31. The summed E-state index contributed by atoms with van der Waals surface area (Å²) in [5.41, 5.74) is 0.886. The van der Waals surface area contributed by atoms with Crippen LogP contribution in [0, 0.1) is 0 Å². The standard InChI is InChI=1S/C16H12ClNO/c17-10-13-11-18-9-8-15(13)19-16-7-3-5-12-4-1-2-6-14(12)16/h1-9,11H,10H2. The zero-order chi connectivity index (χ0) is 13.1. The fourth-order valence-corrected chi connectivity index (χ4v) is 2.22. The molecule has 0 unspecified atom stereocenters. The molecule has 0 saturated heterocycles. The van der Waals surface area contributed by atoms with Gasteiger partial charge in [-0.05, 0) is 17.5 Å². The van der Waals surface area contributed by atoms with E-state index in [1.54, 1.807) is 12.4 Å². The molecule has 0 saturated carbocycles. The van der Waals surface area contributed by atoms with Crippen LogP contribution in [0.3, 0.4) is 0 Å². The first kappa shape index (κ1) is 12.0. The van der Waals surface area contributed by atoms with Gasteiger partial charge in [0.05, 0.1) is 5.88 Å². The molecular weight excluding hydrogens is 258 g/mol. The first-order valence-electron chi connectivity index (χ1n) is 6.03. The van der Waals surface area contributed by atoms with E-state index in [0.717, 1.165) is 27.8 Å². The van der Waals surface area contributed by atoms with E-state index in [-0.39, 0.29) is 0 Å². The number of hydrogen-bond donors (Lipinski definition) is 0. The fourth-order valence-electron chi connectivity index (χ4n) is 2.02. The number of halogens is 1. The second-order valence-corrected chi connectivity index (χ2v) is 4.46. The van der Waals surface area contributed by atoms with Crippen LogP contribution in [0.2, 0.25) is 0 Å². The van der Waals surface area contributed by atoms with Crippen LogP contribution in [0.5, 0.6) is 11.5 Å². The van der Waals surface area contributed by atoms with E-state index in [4.69, 9.17) is 16.3 Å². The van der Waals surface area contributed by atoms with Crippen molar-refractivity contribution >= 4 is 22.4 Å². The van der Waals surface area contributed by atoms with Gasteiger partial charge >= 0.3 is 0 Å². The van der Waals surface area contributed by atoms with E-state index in [2.05, 4.69) is 17.1 Å². The van der Waals surface area contributed by atoms with Gasteiger partial charge in [0.15, 0.2) is 0 Å². The van der Waals surface area contributed by atoms with Crippen molar-refractivity contribution < 1.29 is 4.74 Å². The quantitative estimate of drug-likeness (QED) is 0.639. The van der Waals surface area contributed by atoms with Crippen LogP contribution in [-0.4, -0.2) is 4.98 Å². The number of fused-ring (bicyclic) bond motifs is 1. The maximum Gasteiger partial charge on any atom is 0.135 e. The number of nitrogens with zero attached hydrogens (tertiary/aromatic N) is 1. The Labute approximate surface area is 116 Å². The average Bonchev–Trinajstić information content (AvgIpc) is 2.48. The number of pyridine rings is 1. The van der Waals surface area contributed by atoms with Crippen LogP contribution < -0.4 is 4.74 Å². The van der Waals surface area contributed by atoms with Crippen LogP contribution in [0.25, 0.3) is 10.8 Å². The predicted octanol–water partition coefficient (Wildman–Crippen LogP) is 4.77. The van der Waals surface area contributed by atoms with Crippen molar-refractivity contribution in [3.8, 4) is 11.5 Å². The van der Waals surface area contributed by atoms with Gasteiger partial charge in [-0.1, -0.05) is 36.4 Å². The highest BCUT2D eigenvalue weighted by molar-refractivity contribution is 6.17. The van der Waals surface area contributed by atoms with E-state index in [9.17, 15) is 0 Å². The lowest BCUT2D eigenvalue weighted by atomic mass is 10.1. The number of aromatic nitrogens is 1. The molecule has 1 aromatic heterocycles. The van der Waals surface area contributed by atoms with E-state index in [1.165, 1.54) is 0 Å². The molecule has 2 aromatic carbocycles. The topological polar surface area (TPSA) is 22.1 Å². The molecule has 3 rings (SSSR count). The zero-order valence-corrected chi connectivity index (χ0v) is 11.0. The van der Waals surface area contributed by atoms with Crippen molar-refractivity contribution in [3.05, 3.63) is 66.5 Å². The van der Waals surface area contributed by atoms with Gasteiger partial charge in [-0.3, -0.25) is 4.98 Å². The third-order valence-electron chi connectivity index (χ3n) is 2.97. The Bertz CT molecular complexity index is 706. The molecule has 0 atom stereocenters. The summed E-state index contributed by atoms with van der Waals surface area (Å²) in [7, 11) is 0. The molecule has 0 amide bonds. The second-order valence-electron chi connectivity index (χ2n) is 4.20. The van der Waals surface area contributed by atoms with E-state index in [1.807, 2.05) is 36.4 Å². The fraction of sp³-hybridized carbons (Fsp3) is 0.0625. The van der Waals surface area contributed by atoms with Crippen molar-refractivity contribution in [2.75, 3.05) is 0 Å². The highest BCUT2D eigenvalue weighted by atomic mass is 35.5. The first-order valence-corrected chi connectivity index (χ1v) is 6.56. The first-order chi connectivity index (χ1) is 9.38. The van der Waals surface area contributed by atoms with E-state index in [0.29, 0.717) is 5.88 Å². The summed E-state index contributed by atoms with van der Waals surface area (Å²) >= 11 is 5.90. The van der Waals surface area contributed by atoms with Crippen molar-refractivity contribution in [1.29, 1.82) is 0 Å². The second kappa shape index (κ2) is 5.29. The maximum absolute atomic E-state index is 5.99. The van der Waals surface area contributed by atoms with Gasteiger partial charge in [-0.2, -0.15) is 0 Å². The maximum atomic E-state index is 5.99. The summed E-state index contributed by atoms with van der Waals surface area (Å²) in [6, 6.07) is 16.0. The third-order valence-corrected chi connectivity index (χ3v) is 3.26. The molecular formula is C16H12ClNO. The monoisotopic (exact) mass is 269 g/mol. The van der Waals surface area contributed by atoms with Crippen molar-refractivity contribution in [3.63, 3.8) is 0 Å². The molecule has 0 aliphatic carbocycles. The minimum atomic E-state index is 0.383. The van der Waals surface area contributed by atoms with Crippen LogP contribution in [-0.2, 0) is 5.88 Å². The Balaban J connectivity index is 2.06. The number of alkyl halides is 1. The molecule has 94 valence electrons. The minimum absolute atomic E-state index is 0.383. The van der Waals surface area contributed by atoms with Gasteiger partial charge < -0.3 is 4.74 Å². The van der Waals surface area contributed by atoms with Crippen molar-refractivity contribution in [1.82, 2.24) is 4.98 Å². The normalized spacial score (nSPS) is 10.6. The summed E-state index contributed by atoms with van der Waals surface area (Å²) in [5.74, 6) is 1.96. The lowest BCUT2D eigenvalue weighted by Crippen LogP contribution is -1.91. The number of rotatable bonds is 3. The molecule has 0 aliphatic heterocycles. The van der Waals surface area contributed by atoms with Gasteiger partial charge in [0.25, 0.3) is 0 Å². The third kappa shape index (κ3) is 2.40. The summed E-state index contributed by atoms with van der Waals surface area (Å²) in [6.07, 6.45) is 3.43. The Kier molecular flexibility index (Phi) is 3.34.